The van der Waals surface area contributed by atoms with Gasteiger partial charge in [-0.2, -0.15) is 0 Å². The Morgan fingerprint density at radius 2 is 1.15 bits per heavy atom. The average Bonchev–Trinajstić information content (AvgIpc) is 3.57. The van der Waals surface area contributed by atoms with E-state index >= 15 is 0 Å². The minimum Gasteiger partial charge on any atom is -0.309 e. The van der Waals surface area contributed by atoms with E-state index < -0.39 is 0 Å². The second-order valence-corrected chi connectivity index (χ2v) is 9.69. The largest absolute Gasteiger partial charge is 0.309 e. The summed E-state index contributed by atoms with van der Waals surface area (Å²) in [4.78, 5) is 16.8. The first-order valence-electron chi connectivity index (χ1n) is 12.7. The van der Waals surface area contributed by atoms with E-state index in [2.05, 4.69) is 51.4 Å². The van der Waals surface area contributed by atoms with Crippen LogP contribution >= 0.6 is 0 Å². The van der Waals surface area contributed by atoms with Gasteiger partial charge in [-0.3, -0.25) is 14.5 Å². The van der Waals surface area contributed by atoms with Crippen LogP contribution in [0.3, 0.4) is 0 Å². The van der Waals surface area contributed by atoms with Crippen molar-refractivity contribution in [2.45, 2.75) is 0 Å². The molecule has 0 radical (unpaired) electrons. The average molecular weight is 505 g/mol. The van der Waals surface area contributed by atoms with Gasteiger partial charge in [0, 0.05) is 33.3 Å². The fourth-order valence-corrected chi connectivity index (χ4v) is 6.01. The second kappa shape index (κ2) is 8.00. The summed E-state index contributed by atoms with van der Waals surface area (Å²) in [5.41, 5.74) is 5.92. The Kier molecular flexibility index (Phi) is 4.43. The van der Waals surface area contributed by atoms with Gasteiger partial charge in [-0.15, -0.1) is 0 Å². The topological polar surface area (TPSA) is 65.4 Å². The van der Waals surface area contributed by atoms with E-state index in [-0.39, 0.29) is 10.6 Å². The molecule has 0 fully saturated rings. The molecule has 3 aromatic heterocycles. The normalized spacial score (nSPS) is 11.8. The number of hydrogen-bond acceptors (Lipinski definition) is 3. The number of benzene rings is 5. The van der Waals surface area contributed by atoms with E-state index in [1.807, 2.05) is 66.7 Å². The number of nitro benzene ring substituents is 1. The van der Waals surface area contributed by atoms with Crippen molar-refractivity contribution < 1.29 is 4.92 Å². The van der Waals surface area contributed by atoms with Gasteiger partial charge in [-0.1, -0.05) is 78.9 Å². The second-order valence-electron chi connectivity index (χ2n) is 9.69. The van der Waals surface area contributed by atoms with Crippen LogP contribution in [0.4, 0.5) is 5.69 Å². The quantitative estimate of drug-likeness (QED) is 0.138. The van der Waals surface area contributed by atoms with Crippen molar-refractivity contribution in [1.29, 1.82) is 0 Å². The van der Waals surface area contributed by atoms with Crippen molar-refractivity contribution in [3.8, 4) is 16.9 Å². The Labute approximate surface area is 222 Å². The first-order valence-corrected chi connectivity index (χ1v) is 12.7. The summed E-state index contributed by atoms with van der Waals surface area (Å²) in [6, 6.07) is 38.2. The van der Waals surface area contributed by atoms with Crippen molar-refractivity contribution in [3.05, 3.63) is 132 Å². The smallest absolute Gasteiger partial charge is 0.278 e. The van der Waals surface area contributed by atoms with Gasteiger partial charge in [0.25, 0.3) is 5.69 Å². The number of hydrogen-bond donors (Lipinski definition) is 0. The van der Waals surface area contributed by atoms with Gasteiger partial charge in [0.1, 0.15) is 5.65 Å². The van der Waals surface area contributed by atoms with E-state index in [9.17, 15) is 10.1 Å². The van der Waals surface area contributed by atoms with Gasteiger partial charge in [-0.25, -0.2) is 4.98 Å². The van der Waals surface area contributed by atoms with Crippen LogP contribution < -0.4 is 0 Å². The van der Waals surface area contributed by atoms with Crippen LogP contribution in [0.1, 0.15) is 0 Å². The molecule has 0 saturated carbocycles. The minimum absolute atomic E-state index is 0.0403. The maximum Gasteiger partial charge on any atom is 0.278 e. The number of rotatable bonds is 3. The van der Waals surface area contributed by atoms with E-state index in [4.69, 9.17) is 4.98 Å². The zero-order chi connectivity index (χ0) is 26.1. The van der Waals surface area contributed by atoms with Crippen LogP contribution in [0.5, 0.6) is 0 Å². The highest BCUT2D eigenvalue weighted by molar-refractivity contribution is 6.12. The number of nitrogens with zero attached hydrogens (tertiary/aromatic N) is 4. The summed E-state index contributed by atoms with van der Waals surface area (Å²) in [5.74, 6) is 0. The van der Waals surface area contributed by atoms with Crippen LogP contribution in [0.15, 0.2) is 121 Å². The van der Waals surface area contributed by atoms with Crippen molar-refractivity contribution >= 4 is 54.8 Å². The minimum atomic E-state index is -0.312. The van der Waals surface area contributed by atoms with Crippen molar-refractivity contribution in [1.82, 2.24) is 14.0 Å². The summed E-state index contributed by atoms with van der Waals surface area (Å²) in [6.45, 7) is 0. The third-order valence-electron chi connectivity index (χ3n) is 7.66. The van der Waals surface area contributed by atoms with Gasteiger partial charge >= 0.3 is 0 Å². The maximum absolute atomic E-state index is 12.3. The molecule has 6 nitrogen and oxygen atoms in total. The van der Waals surface area contributed by atoms with Gasteiger partial charge in [0.05, 0.1) is 38.9 Å². The zero-order valence-electron chi connectivity index (χ0n) is 20.7. The molecule has 0 aliphatic rings. The Morgan fingerprint density at radius 1 is 0.615 bits per heavy atom. The molecule has 0 aliphatic carbocycles. The highest BCUT2D eigenvalue weighted by Crippen LogP contribution is 2.39. The molecule has 39 heavy (non-hydrogen) atoms. The molecule has 0 spiro atoms. The molecule has 0 atom stereocenters. The molecule has 0 unspecified atom stereocenters. The summed E-state index contributed by atoms with van der Waals surface area (Å²) >= 11 is 0. The Morgan fingerprint density at radius 3 is 1.79 bits per heavy atom. The Balaban J connectivity index is 1.49. The van der Waals surface area contributed by atoms with E-state index in [0.717, 1.165) is 54.8 Å². The lowest BCUT2D eigenvalue weighted by Crippen LogP contribution is -2.00. The van der Waals surface area contributed by atoms with Gasteiger partial charge in [-0.05, 0) is 35.7 Å². The summed E-state index contributed by atoms with van der Waals surface area (Å²) in [7, 11) is 0. The molecule has 0 aliphatic heterocycles. The zero-order valence-corrected chi connectivity index (χ0v) is 20.7. The standard InChI is InChI=1S/C33H20N4O2/c38-37(39)31-18-17-21(35-28-14-6-4-11-24(28)25-12-5-7-15-29(25)35)19-27(31)32-20-34-33-26-13-2-1-9-22(26)23-10-3-8-16-30(23)36(32)33/h1-20H. The lowest BCUT2D eigenvalue weighted by atomic mass is 10.0. The molecule has 0 bridgehead atoms. The highest BCUT2D eigenvalue weighted by atomic mass is 16.6. The third-order valence-corrected chi connectivity index (χ3v) is 7.66. The van der Waals surface area contributed by atoms with Crippen molar-refractivity contribution in [3.63, 3.8) is 0 Å². The SMILES string of the molecule is O=[N+]([O-])c1ccc(-n2c3ccccc3c3ccccc32)cc1-c1cnc2c3ccccc3c3ccccc3n12. The maximum atomic E-state index is 12.3. The van der Waals surface area contributed by atoms with Crippen LogP contribution in [0, 0.1) is 10.1 Å². The van der Waals surface area contributed by atoms with Crippen LogP contribution in [0.2, 0.25) is 0 Å². The molecule has 8 rings (SSSR count). The molecule has 3 heterocycles. The first-order chi connectivity index (χ1) is 19.2. The van der Waals surface area contributed by atoms with Gasteiger partial charge < -0.3 is 4.57 Å². The highest BCUT2D eigenvalue weighted by Gasteiger charge is 2.23. The Hall–Kier alpha value is -5.49. The molecule has 0 saturated heterocycles. The first kappa shape index (κ1) is 21.6. The van der Waals surface area contributed by atoms with E-state index in [1.165, 1.54) is 0 Å². The number of para-hydroxylation sites is 3. The molecule has 5 aromatic carbocycles. The number of aromatic nitrogens is 3. The summed E-state index contributed by atoms with van der Waals surface area (Å²) < 4.78 is 4.23. The fraction of sp³-hybridized carbons (Fsp3) is 0. The third kappa shape index (κ3) is 3.00. The van der Waals surface area contributed by atoms with Crippen molar-refractivity contribution in [2.24, 2.45) is 0 Å². The van der Waals surface area contributed by atoms with Gasteiger partial charge in [0.2, 0.25) is 0 Å². The lowest BCUT2D eigenvalue weighted by molar-refractivity contribution is -0.384. The molecule has 0 N–H and O–H groups in total. The predicted molar refractivity (Wildman–Crippen MR) is 157 cm³/mol. The Bertz CT molecular complexity index is 2220. The molecule has 6 heteroatoms. The predicted octanol–water partition coefficient (Wildman–Crippen LogP) is 8.31. The van der Waals surface area contributed by atoms with Crippen LogP contribution in [-0.2, 0) is 0 Å². The molecular weight excluding hydrogens is 484 g/mol. The molecular formula is C33H20N4O2. The molecule has 8 aromatic rings. The van der Waals surface area contributed by atoms with E-state index in [1.54, 1.807) is 12.3 Å². The number of pyridine rings is 1. The summed E-state index contributed by atoms with van der Waals surface area (Å²) in [5, 5.41) is 17.8. The van der Waals surface area contributed by atoms with Crippen molar-refractivity contribution in [2.75, 3.05) is 0 Å². The fourth-order valence-electron chi connectivity index (χ4n) is 6.01. The molecule has 0 amide bonds. The summed E-state index contributed by atoms with van der Waals surface area (Å²) in [6.07, 6.45) is 1.76. The monoisotopic (exact) mass is 504 g/mol. The molecule has 184 valence electrons. The van der Waals surface area contributed by atoms with Gasteiger partial charge in [0.15, 0.2) is 0 Å². The lowest BCUT2D eigenvalue weighted by Gasteiger charge is -2.13. The van der Waals surface area contributed by atoms with Crippen LogP contribution in [0.25, 0.3) is 66.1 Å². The number of imidazole rings is 1. The van der Waals surface area contributed by atoms with Crippen LogP contribution in [-0.4, -0.2) is 18.9 Å². The number of nitro groups is 1. The number of fused-ring (bicyclic) bond motifs is 9. The van der Waals surface area contributed by atoms with E-state index in [0.29, 0.717) is 11.3 Å².